The van der Waals surface area contributed by atoms with Crippen molar-refractivity contribution >= 4 is 17.5 Å². The molecular weight excluding hydrogens is 310 g/mol. The zero-order chi connectivity index (χ0) is 18.3. The number of carbonyl (C=O) groups is 2. The summed E-state index contributed by atoms with van der Waals surface area (Å²) in [6, 6.07) is -0.267. The summed E-state index contributed by atoms with van der Waals surface area (Å²) in [7, 11) is 3.15. The van der Waals surface area contributed by atoms with Crippen LogP contribution in [0.5, 0.6) is 0 Å². The predicted octanol–water partition coefficient (Wildman–Crippen LogP) is -1.05. The van der Waals surface area contributed by atoms with E-state index in [1.54, 1.807) is 19.1 Å². The third kappa shape index (κ3) is 4.36. The molecule has 1 aliphatic heterocycles. The lowest BCUT2D eigenvalue weighted by atomic mass is 10.1. The molecule has 0 bridgehead atoms. The lowest BCUT2D eigenvalue weighted by Gasteiger charge is -2.22. The van der Waals surface area contributed by atoms with Gasteiger partial charge in [0.1, 0.15) is 17.1 Å². The Hall–Kier alpha value is -2.79. The van der Waals surface area contributed by atoms with E-state index in [9.17, 15) is 9.59 Å². The molecule has 0 aromatic rings. The smallest absolute Gasteiger partial charge is 0.255 e. The average molecular weight is 333 g/mol. The van der Waals surface area contributed by atoms with Crippen molar-refractivity contribution in [1.82, 2.24) is 15.5 Å². The standard InChI is InChI=1S/C16H23N5O3/c1-5-12(17)14(15(18)23)16(19-3)20-10-7-11(9-24-4)21(8-10)13(22)6-2/h1,6,10-11,17,19-20H,2,7-9H2,3-4H3,(H2,18,23)/b16-14+,17-12?/t10-,11+/m0/s1. The number of ether oxygens (including phenoxy) is 1. The molecule has 8 nitrogen and oxygen atoms in total. The molecule has 1 fully saturated rings. The maximum atomic E-state index is 12.0. The van der Waals surface area contributed by atoms with Crippen LogP contribution in [0, 0.1) is 17.8 Å². The Morgan fingerprint density at radius 1 is 1.58 bits per heavy atom. The Bertz CT molecular complexity index is 605. The highest BCUT2D eigenvalue weighted by molar-refractivity contribution is 6.26. The van der Waals surface area contributed by atoms with Crippen molar-refractivity contribution in [2.45, 2.75) is 18.5 Å². The minimum Gasteiger partial charge on any atom is -0.383 e. The van der Waals surface area contributed by atoms with E-state index in [0.717, 1.165) is 0 Å². The maximum Gasteiger partial charge on any atom is 0.255 e. The molecule has 2 amide bonds. The zero-order valence-corrected chi connectivity index (χ0v) is 13.9. The number of methoxy groups -OCH3 is 1. The molecule has 130 valence electrons. The van der Waals surface area contributed by atoms with Gasteiger partial charge in [0.2, 0.25) is 5.91 Å². The normalized spacial score (nSPS) is 20.6. The van der Waals surface area contributed by atoms with E-state index in [4.69, 9.17) is 22.3 Å². The molecule has 24 heavy (non-hydrogen) atoms. The fourth-order valence-electron chi connectivity index (χ4n) is 2.68. The number of carbonyl (C=O) groups excluding carboxylic acids is 2. The van der Waals surface area contributed by atoms with E-state index < -0.39 is 5.91 Å². The van der Waals surface area contributed by atoms with Crippen molar-refractivity contribution in [3.8, 4) is 12.3 Å². The molecule has 0 aromatic heterocycles. The molecule has 0 unspecified atom stereocenters. The van der Waals surface area contributed by atoms with Gasteiger partial charge in [0.05, 0.1) is 12.6 Å². The Labute approximate surface area is 141 Å². The number of primary amides is 1. The van der Waals surface area contributed by atoms with Gasteiger partial charge in [-0.3, -0.25) is 15.0 Å². The van der Waals surface area contributed by atoms with E-state index in [0.29, 0.717) is 19.6 Å². The molecule has 0 spiro atoms. The van der Waals surface area contributed by atoms with Crippen LogP contribution in [0.4, 0.5) is 0 Å². The summed E-state index contributed by atoms with van der Waals surface area (Å²) in [4.78, 5) is 25.2. The fourth-order valence-corrected chi connectivity index (χ4v) is 2.68. The fraction of sp³-hybridized carbons (Fsp3) is 0.438. The topological polar surface area (TPSA) is 121 Å². The maximum absolute atomic E-state index is 12.0. The molecule has 1 aliphatic rings. The molecule has 8 heteroatoms. The first kappa shape index (κ1) is 19.3. The number of terminal acetylenes is 1. The van der Waals surface area contributed by atoms with Crippen molar-refractivity contribution in [3.05, 3.63) is 24.0 Å². The zero-order valence-electron chi connectivity index (χ0n) is 13.9. The van der Waals surface area contributed by atoms with Crippen molar-refractivity contribution < 1.29 is 14.3 Å². The summed E-state index contributed by atoms with van der Waals surface area (Å²) >= 11 is 0. The van der Waals surface area contributed by atoms with Crippen LogP contribution in [0.25, 0.3) is 0 Å². The van der Waals surface area contributed by atoms with Crippen LogP contribution in [0.1, 0.15) is 6.42 Å². The number of hydrogen-bond acceptors (Lipinski definition) is 6. The summed E-state index contributed by atoms with van der Waals surface area (Å²) in [5, 5.41) is 13.6. The first-order valence-electron chi connectivity index (χ1n) is 7.35. The molecule has 0 aliphatic carbocycles. The second kappa shape index (κ2) is 8.74. The monoisotopic (exact) mass is 333 g/mol. The van der Waals surface area contributed by atoms with Crippen molar-refractivity contribution in [1.29, 1.82) is 5.41 Å². The van der Waals surface area contributed by atoms with E-state index in [1.807, 2.05) is 0 Å². The van der Waals surface area contributed by atoms with Gasteiger partial charge in [-0.05, 0) is 12.5 Å². The second-order valence-corrected chi connectivity index (χ2v) is 5.26. The van der Waals surface area contributed by atoms with E-state index >= 15 is 0 Å². The van der Waals surface area contributed by atoms with Gasteiger partial charge in [-0.2, -0.15) is 0 Å². The third-order valence-corrected chi connectivity index (χ3v) is 3.72. The van der Waals surface area contributed by atoms with Gasteiger partial charge in [0.25, 0.3) is 5.91 Å². The first-order chi connectivity index (χ1) is 11.4. The number of nitrogens with zero attached hydrogens (tertiary/aromatic N) is 1. The van der Waals surface area contributed by atoms with E-state index in [-0.39, 0.29) is 35.1 Å². The highest BCUT2D eigenvalue weighted by Gasteiger charge is 2.35. The molecule has 0 radical (unpaired) electrons. The van der Waals surface area contributed by atoms with Gasteiger partial charge in [-0.25, -0.2) is 0 Å². The number of nitrogens with one attached hydrogen (secondary N) is 3. The van der Waals surface area contributed by atoms with Crippen LogP contribution in [0.15, 0.2) is 24.0 Å². The first-order valence-corrected chi connectivity index (χ1v) is 7.35. The quantitative estimate of drug-likeness (QED) is 0.257. The van der Waals surface area contributed by atoms with Crippen LogP contribution < -0.4 is 16.4 Å². The average Bonchev–Trinajstić information content (AvgIpc) is 2.95. The Morgan fingerprint density at radius 2 is 2.25 bits per heavy atom. The lowest BCUT2D eigenvalue weighted by Crippen LogP contribution is -2.40. The van der Waals surface area contributed by atoms with E-state index in [1.165, 1.54) is 6.08 Å². The predicted molar refractivity (Wildman–Crippen MR) is 91.0 cm³/mol. The summed E-state index contributed by atoms with van der Waals surface area (Å²) in [5.41, 5.74) is 4.91. The molecule has 2 atom stereocenters. The molecule has 0 aromatic carbocycles. The number of nitrogens with two attached hydrogens (primary N) is 1. The Balaban J connectivity index is 3.03. The van der Waals surface area contributed by atoms with Crippen molar-refractivity contribution in [2.24, 2.45) is 5.73 Å². The Kier molecular flexibility index (Phi) is 7.01. The summed E-state index contributed by atoms with van der Waals surface area (Å²) in [6.07, 6.45) is 7.06. The lowest BCUT2D eigenvalue weighted by molar-refractivity contribution is -0.127. The second-order valence-electron chi connectivity index (χ2n) is 5.26. The number of hydrogen-bond donors (Lipinski definition) is 4. The van der Waals surface area contributed by atoms with E-state index in [2.05, 4.69) is 23.1 Å². The number of rotatable bonds is 8. The van der Waals surface area contributed by atoms with Gasteiger partial charge in [0.15, 0.2) is 0 Å². The van der Waals surface area contributed by atoms with Gasteiger partial charge in [-0.1, -0.05) is 12.5 Å². The minimum atomic E-state index is -0.805. The molecular formula is C16H23N5O3. The third-order valence-electron chi connectivity index (χ3n) is 3.72. The number of likely N-dealkylation sites (tertiary alicyclic amines) is 1. The van der Waals surface area contributed by atoms with Crippen LogP contribution in [-0.2, 0) is 14.3 Å². The molecule has 1 saturated heterocycles. The number of amides is 2. The van der Waals surface area contributed by atoms with Gasteiger partial charge < -0.3 is 26.0 Å². The molecule has 1 rings (SSSR count). The minimum absolute atomic E-state index is 0.100. The molecule has 0 saturated carbocycles. The van der Waals surface area contributed by atoms with Gasteiger partial charge >= 0.3 is 0 Å². The summed E-state index contributed by atoms with van der Waals surface area (Å²) < 4.78 is 5.15. The summed E-state index contributed by atoms with van der Waals surface area (Å²) in [5.74, 6) is 1.36. The van der Waals surface area contributed by atoms with Crippen LogP contribution in [0.2, 0.25) is 0 Å². The van der Waals surface area contributed by atoms with Crippen LogP contribution in [0.3, 0.4) is 0 Å². The highest BCUT2D eigenvalue weighted by atomic mass is 16.5. The van der Waals surface area contributed by atoms with Gasteiger partial charge in [0, 0.05) is 26.7 Å². The van der Waals surface area contributed by atoms with Crippen LogP contribution in [-0.4, -0.2) is 61.8 Å². The van der Waals surface area contributed by atoms with Crippen molar-refractivity contribution in [2.75, 3.05) is 27.3 Å². The Morgan fingerprint density at radius 3 is 2.71 bits per heavy atom. The summed E-state index contributed by atoms with van der Waals surface area (Å²) in [6.45, 7) is 4.29. The highest BCUT2D eigenvalue weighted by Crippen LogP contribution is 2.20. The SMILES string of the molecule is C#CC(=N)/C(C(N)=O)=C(/NC)N[C@H]1C[C@H](COC)N(C(=O)C=C)C1. The van der Waals surface area contributed by atoms with Gasteiger partial charge in [-0.15, -0.1) is 6.42 Å². The van der Waals surface area contributed by atoms with Crippen LogP contribution >= 0.6 is 0 Å². The molecule has 1 heterocycles. The molecule has 5 N–H and O–H groups in total. The van der Waals surface area contributed by atoms with Crippen molar-refractivity contribution in [3.63, 3.8) is 0 Å². The largest absolute Gasteiger partial charge is 0.383 e.